The molecular formula is C18H20FN3O3. The molecule has 2 atom stereocenters. The van der Waals surface area contributed by atoms with E-state index in [1.807, 2.05) is 4.90 Å². The highest BCUT2D eigenvalue weighted by Gasteiger charge is 2.49. The molecule has 1 aliphatic heterocycles. The predicted molar refractivity (Wildman–Crippen MR) is 88.1 cm³/mol. The number of halogens is 1. The van der Waals surface area contributed by atoms with E-state index >= 15 is 0 Å². The molecule has 1 aromatic heterocycles. The van der Waals surface area contributed by atoms with Crippen LogP contribution >= 0.6 is 0 Å². The van der Waals surface area contributed by atoms with Gasteiger partial charge in [-0.1, -0.05) is 12.1 Å². The van der Waals surface area contributed by atoms with Gasteiger partial charge in [-0.3, -0.25) is 9.69 Å². The van der Waals surface area contributed by atoms with E-state index in [-0.39, 0.29) is 18.8 Å². The molecule has 25 heavy (non-hydrogen) atoms. The number of carboxylic acids is 1. The molecule has 0 bridgehead atoms. The molecule has 2 heterocycles. The first-order valence-electron chi connectivity index (χ1n) is 8.12. The highest BCUT2D eigenvalue weighted by molar-refractivity contribution is 5.76. The smallest absolute Gasteiger partial charge is 0.313 e. The maximum atomic E-state index is 13.1. The number of aliphatic hydroxyl groups is 1. The number of piperidine rings is 1. The van der Waals surface area contributed by atoms with E-state index in [4.69, 9.17) is 0 Å². The fourth-order valence-corrected chi connectivity index (χ4v) is 3.40. The maximum absolute atomic E-state index is 13.1. The fourth-order valence-electron chi connectivity index (χ4n) is 3.40. The van der Waals surface area contributed by atoms with Crippen molar-refractivity contribution in [2.24, 2.45) is 5.41 Å². The Balaban J connectivity index is 1.82. The average molecular weight is 345 g/mol. The molecule has 0 aliphatic carbocycles. The number of hydrogen-bond donors (Lipinski definition) is 2. The van der Waals surface area contributed by atoms with Crippen LogP contribution in [0.3, 0.4) is 0 Å². The Labute approximate surface area is 145 Å². The molecule has 0 saturated carbocycles. The van der Waals surface area contributed by atoms with Gasteiger partial charge in [-0.25, -0.2) is 14.4 Å². The molecule has 0 amide bonds. The predicted octanol–water partition coefficient (Wildman–Crippen LogP) is 1.50. The molecule has 2 N–H and O–H groups in total. The molecule has 0 radical (unpaired) electrons. The van der Waals surface area contributed by atoms with Crippen LogP contribution in [0.4, 0.5) is 4.39 Å². The largest absolute Gasteiger partial charge is 0.481 e. The Hall–Kier alpha value is -2.38. The Morgan fingerprint density at radius 2 is 1.92 bits per heavy atom. The number of benzene rings is 1. The van der Waals surface area contributed by atoms with Crippen LogP contribution in [0.15, 0.2) is 43.0 Å². The minimum absolute atomic E-state index is 0.144. The highest BCUT2D eigenvalue weighted by atomic mass is 19.1. The number of aliphatic carboxylic acids is 1. The quantitative estimate of drug-likeness (QED) is 0.854. The van der Waals surface area contributed by atoms with Crippen LogP contribution in [-0.2, 0) is 17.8 Å². The van der Waals surface area contributed by atoms with Crippen LogP contribution < -0.4 is 0 Å². The van der Waals surface area contributed by atoms with Crippen molar-refractivity contribution in [1.29, 1.82) is 0 Å². The summed E-state index contributed by atoms with van der Waals surface area (Å²) in [5.74, 6) is -1.42. The molecule has 1 aliphatic rings. The second kappa shape index (κ2) is 7.25. The van der Waals surface area contributed by atoms with Gasteiger partial charge in [0.05, 0.1) is 6.10 Å². The summed E-state index contributed by atoms with van der Waals surface area (Å²) in [5.41, 5.74) is 0.249. The topological polar surface area (TPSA) is 86.5 Å². The van der Waals surface area contributed by atoms with E-state index < -0.39 is 17.5 Å². The van der Waals surface area contributed by atoms with Gasteiger partial charge in [-0.15, -0.1) is 0 Å². The number of aromatic nitrogens is 2. The lowest BCUT2D eigenvalue weighted by Crippen LogP contribution is -2.56. The average Bonchev–Trinajstić information content (AvgIpc) is 2.60. The fraction of sp³-hybridized carbons (Fsp3) is 0.389. The maximum Gasteiger partial charge on any atom is 0.313 e. The van der Waals surface area contributed by atoms with Crippen LogP contribution in [0.2, 0.25) is 0 Å². The van der Waals surface area contributed by atoms with Gasteiger partial charge < -0.3 is 10.2 Å². The van der Waals surface area contributed by atoms with Gasteiger partial charge in [0.2, 0.25) is 0 Å². The Morgan fingerprint density at radius 1 is 1.24 bits per heavy atom. The Kier molecular flexibility index (Phi) is 5.06. The minimum atomic E-state index is -1.33. The first-order chi connectivity index (χ1) is 12.0. The molecule has 1 aromatic carbocycles. The number of likely N-dealkylation sites (tertiary alicyclic amines) is 1. The highest BCUT2D eigenvalue weighted by Crippen LogP contribution is 2.35. The van der Waals surface area contributed by atoms with Gasteiger partial charge >= 0.3 is 5.97 Å². The Bertz CT molecular complexity index is 726. The van der Waals surface area contributed by atoms with Crippen molar-refractivity contribution in [1.82, 2.24) is 14.9 Å². The summed E-state index contributed by atoms with van der Waals surface area (Å²) in [6.07, 6.45) is 4.38. The van der Waals surface area contributed by atoms with Crippen molar-refractivity contribution < 1.29 is 19.4 Å². The third-order valence-corrected chi connectivity index (χ3v) is 4.74. The zero-order valence-electron chi connectivity index (χ0n) is 13.7. The minimum Gasteiger partial charge on any atom is -0.481 e. The van der Waals surface area contributed by atoms with Crippen molar-refractivity contribution in [2.75, 3.05) is 13.1 Å². The second-order valence-electron chi connectivity index (χ2n) is 6.53. The summed E-state index contributed by atoms with van der Waals surface area (Å²) in [5, 5.41) is 20.4. The van der Waals surface area contributed by atoms with E-state index in [9.17, 15) is 19.4 Å². The third kappa shape index (κ3) is 3.83. The van der Waals surface area contributed by atoms with Gasteiger partial charge in [-0.2, -0.15) is 0 Å². The van der Waals surface area contributed by atoms with Crippen LogP contribution in [-0.4, -0.2) is 50.2 Å². The van der Waals surface area contributed by atoms with Crippen LogP contribution in [0.25, 0.3) is 0 Å². The zero-order valence-corrected chi connectivity index (χ0v) is 13.7. The summed E-state index contributed by atoms with van der Waals surface area (Å²) >= 11 is 0. The molecular weight excluding hydrogens is 325 g/mol. The first-order valence-corrected chi connectivity index (χ1v) is 8.12. The van der Waals surface area contributed by atoms with Gasteiger partial charge in [0.1, 0.15) is 17.6 Å². The van der Waals surface area contributed by atoms with Crippen molar-refractivity contribution in [3.05, 3.63) is 59.9 Å². The zero-order chi connectivity index (χ0) is 17.9. The summed E-state index contributed by atoms with van der Waals surface area (Å²) in [6, 6.07) is 5.74. The van der Waals surface area contributed by atoms with Crippen LogP contribution in [0.1, 0.15) is 17.5 Å². The lowest BCUT2D eigenvalue weighted by molar-refractivity contribution is -0.163. The van der Waals surface area contributed by atoms with Crippen molar-refractivity contribution in [3.63, 3.8) is 0 Å². The molecule has 3 rings (SSSR count). The summed E-state index contributed by atoms with van der Waals surface area (Å²) in [6.45, 7) is 1.32. The molecule has 0 spiro atoms. The lowest BCUT2D eigenvalue weighted by atomic mass is 9.73. The summed E-state index contributed by atoms with van der Waals surface area (Å²) in [4.78, 5) is 22.0. The van der Waals surface area contributed by atoms with Crippen molar-refractivity contribution in [3.8, 4) is 0 Å². The number of rotatable bonds is 5. The van der Waals surface area contributed by atoms with Gasteiger partial charge in [0.15, 0.2) is 0 Å². The molecule has 1 saturated heterocycles. The SMILES string of the molecule is O=C(O)[C@]1(Cc2ccc(F)cc2)CN(Cc2cncnc2)CC[C@H]1O. The van der Waals surface area contributed by atoms with Crippen LogP contribution in [0, 0.1) is 11.2 Å². The van der Waals surface area contributed by atoms with Gasteiger partial charge in [0.25, 0.3) is 0 Å². The molecule has 132 valence electrons. The summed E-state index contributed by atoms with van der Waals surface area (Å²) in [7, 11) is 0. The first kappa shape index (κ1) is 17.4. The molecule has 2 aromatic rings. The standard InChI is InChI=1S/C18H20FN3O3/c19-15-3-1-13(2-4-15)7-18(17(24)25)11-22(6-5-16(18)23)10-14-8-20-12-21-9-14/h1-4,8-9,12,16,23H,5-7,10-11H2,(H,24,25)/t16-,18-/m1/s1. The lowest BCUT2D eigenvalue weighted by Gasteiger charge is -2.43. The molecule has 7 heteroatoms. The van der Waals surface area contributed by atoms with Crippen molar-refractivity contribution in [2.45, 2.75) is 25.5 Å². The number of hydrogen-bond acceptors (Lipinski definition) is 5. The van der Waals surface area contributed by atoms with Gasteiger partial charge in [0, 0.05) is 37.6 Å². The summed E-state index contributed by atoms with van der Waals surface area (Å²) < 4.78 is 13.1. The number of aliphatic hydroxyl groups excluding tert-OH is 1. The van der Waals surface area contributed by atoms with Gasteiger partial charge in [-0.05, 0) is 30.5 Å². The molecule has 1 fully saturated rings. The van der Waals surface area contributed by atoms with E-state index in [0.29, 0.717) is 25.1 Å². The number of carbonyl (C=O) groups is 1. The molecule has 0 unspecified atom stereocenters. The van der Waals surface area contributed by atoms with E-state index in [0.717, 1.165) is 5.56 Å². The number of nitrogens with zero attached hydrogens (tertiary/aromatic N) is 3. The normalized spacial score (nSPS) is 24.2. The van der Waals surface area contributed by atoms with E-state index in [2.05, 4.69) is 9.97 Å². The second-order valence-corrected chi connectivity index (χ2v) is 6.53. The van der Waals surface area contributed by atoms with Crippen LogP contribution in [0.5, 0.6) is 0 Å². The third-order valence-electron chi connectivity index (χ3n) is 4.74. The molecule has 6 nitrogen and oxygen atoms in total. The van der Waals surface area contributed by atoms with E-state index in [1.54, 1.807) is 24.5 Å². The number of carboxylic acid groups (broad SMARTS) is 1. The monoisotopic (exact) mass is 345 g/mol. The Morgan fingerprint density at radius 3 is 2.56 bits per heavy atom. The van der Waals surface area contributed by atoms with Crippen molar-refractivity contribution >= 4 is 5.97 Å². The van der Waals surface area contributed by atoms with E-state index in [1.165, 1.54) is 18.5 Å².